The zero-order valence-electron chi connectivity index (χ0n) is 20.1. The molecule has 7 nitrogen and oxygen atoms in total. The molecule has 0 fully saturated rings. The summed E-state index contributed by atoms with van der Waals surface area (Å²) in [5.74, 6) is 0.669. The van der Waals surface area contributed by atoms with Gasteiger partial charge in [0.1, 0.15) is 17.2 Å². The quantitative estimate of drug-likeness (QED) is 0.152. The third kappa shape index (κ3) is 6.27. The molecule has 0 aliphatic rings. The number of aryl methyl sites for hydroxylation is 1. The summed E-state index contributed by atoms with van der Waals surface area (Å²) < 4.78 is 16.6. The number of fused-ring (bicyclic) bond motifs is 1. The van der Waals surface area contributed by atoms with E-state index in [-0.39, 0.29) is 6.61 Å². The summed E-state index contributed by atoms with van der Waals surface area (Å²) in [7, 11) is 0. The summed E-state index contributed by atoms with van der Waals surface area (Å²) in [4.78, 5) is 25.0. The summed E-state index contributed by atoms with van der Waals surface area (Å²) in [5, 5.41) is 5.84. The Bertz CT molecular complexity index is 1400. The fourth-order valence-electron chi connectivity index (χ4n) is 3.57. The van der Waals surface area contributed by atoms with Crippen molar-refractivity contribution in [2.45, 2.75) is 13.8 Å². The van der Waals surface area contributed by atoms with E-state index in [4.69, 9.17) is 14.2 Å². The number of amides is 1. The molecule has 7 heteroatoms. The van der Waals surface area contributed by atoms with E-state index in [1.807, 2.05) is 62.4 Å². The van der Waals surface area contributed by atoms with Crippen LogP contribution in [0.15, 0.2) is 90.0 Å². The second kappa shape index (κ2) is 11.7. The molecule has 0 aromatic heterocycles. The fourth-order valence-corrected chi connectivity index (χ4v) is 3.57. The molecule has 4 aromatic carbocycles. The van der Waals surface area contributed by atoms with Crippen LogP contribution in [0.5, 0.6) is 17.2 Å². The summed E-state index contributed by atoms with van der Waals surface area (Å²) in [6.45, 7) is 4.19. The molecular weight excluding hydrogens is 456 g/mol. The number of nitrogens with zero attached hydrogens (tertiary/aromatic N) is 1. The predicted octanol–water partition coefficient (Wildman–Crippen LogP) is 5.30. The topological polar surface area (TPSA) is 86.2 Å². The van der Waals surface area contributed by atoms with E-state index in [0.717, 1.165) is 16.3 Å². The van der Waals surface area contributed by atoms with Crippen molar-refractivity contribution < 1.29 is 23.8 Å². The van der Waals surface area contributed by atoms with Gasteiger partial charge >= 0.3 is 5.97 Å². The van der Waals surface area contributed by atoms with E-state index in [1.54, 1.807) is 36.4 Å². The van der Waals surface area contributed by atoms with Crippen LogP contribution in [-0.4, -0.2) is 31.3 Å². The third-order valence-electron chi connectivity index (χ3n) is 5.28. The van der Waals surface area contributed by atoms with Crippen LogP contribution in [0.4, 0.5) is 0 Å². The second-order valence-corrected chi connectivity index (χ2v) is 7.94. The number of esters is 1. The molecule has 0 saturated heterocycles. The molecule has 0 spiro atoms. The van der Waals surface area contributed by atoms with Crippen molar-refractivity contribution in [1.82, 2.24) is 5.43 Å². The summed E-state index contributed by atoms with van der Waals surface area (Å²) >= 11 is 0. The molecule has 0 radical (unpaired) electrons. The highest BCUT2D eigenvalue weighted by Gasteiger charge is 2.14. The van der Waals surface area contributed by atoms with Crippen LogP contribution in [0.1, 0.15) is 28.4 Å². The summed E-state index contributed by atoms with van der Waals surface area (Å²) in [6.07, 6.45) is 1.47. The first-order valence-corrected chi connectivity index (χ1v) is 11.5. The van der Waals surface area contributed by atoms with Crippen molar-refractivity contribution in [3.05, 3.63) is 102 Å². The Balaban J connectivity index is 1.49. The molecule has 0 atom stereocenters. The van der Waals surface area contributed by atoms with Crippen molar-refractivity contribution in [2.75, 3.05) is 13.2 Å². The number of rotatable bonds is 9. The van der Waals surface area contributed by atoms with E-state index >= 15 is 0 Å². The van der Waals surface area contributed by atoms with E-state index in [9.17, 15) is 9.59 Å². The first kappa shape index (κ1) is 24.5. The monoisotopic (exact) mass is 482 g/mol. The molecule has 0 saturated carbocycles. The lowest BCUT2D eigenvalue weighted by atomic mass is 10.0. The van der Waals surface area contributed by atoms with Crippen LogP contribution in [0.2, 0.25) is 0 Å². The molecule has 36 heavy (non-hydrogen) atoms. The minimum atomic E-state index is -0.515. The van der Waals surface area contributed by atoms with Crippen LogP contribution < -0.4 is 19.6 Å². The van der Waals surface area contributed by atoms with Gasteiger partial charge in [-0.15, -0.1) is 0 Å². The number of hydrogen-bond donors (Lipinski definition) is 1. The van der Waals surface area contributed by atoms with Gasteiger partial charge in [-0.05, 0) is 72.6 Å². The van der Waals surface area contributed by atoms with Crippen molar-refractivity contribution in [2.24, 2.45) is 5.10 Å². The van der Waals surface area contributed by atoms with Gasteiger partial charge in [0.15, 0.2) is 6.61 Å². The van der Waals surface area contributed by atoms with Crippen LogP contribution in [0, 0.1) is 6.92 Å². The lowest BCUT2D eigenvalue weighted by Crippen LogP contribution is -2.24. The Labute approximate surface area is 209 Å². The van der Waals surface area contributed by atoms with Gasteiger partial charge in [-0.2, -0.15) is 5.10 Å². The third-order valence-corrected chi connectivity index (χ3v) is 5.28. The molecular formula is C29H26N2O5. The van der Waals surface area contributed by atoms with Gasteiger partial charge in [-0.25, -0.2) is 10.2 Å². The SMILES string of the molecule is CCOc1ccc(C(=O)Oc2ccc3ccccc3c2/C=N/NC(=O)COc2cccc(C)c2)cc1. The van der Waals surface area contributed by atoms with Crippen molar-refractivity contribution in [3.8, 4) is 17.2 Å². The minimum Gasteiger partial charge on any atom is -0.494 e. The highest BCUT2D eigenvalue weighted by atomic mass is 16.5. The molecule has 4 rings (SSSR count). The number of hydrazone groups is 1. The maximum absolute atomic E-state index is 12.8. The Kier molecular flexibility index (Phi) is 7.93. The van der Waals surface area contributed by atoms with Crippen molar-refractivity contribution in [3.63, 3.8) is 0 Å². The number of carbonyl (C=O) groups is 2. The van der Waals surface area contributed by atoms with Gasteiger partial charge < -0.3 is 14.2 Å². The van der Waals surface area contributed by atoms with Gasteiger partial charge in [0.2, 0.25) is 0 Å². The maximum atomic E-state index is 12.8. The van der Waals surface area contributed by atoms with Crippen molar-refractivity contribution in [1.29, 1.82) is 0 Å². The Hall–Kier alpha value is -4.65. The Morgan fingerprint density at radius 1 is 0.889 bits per heavy atom. The minimum absolute atomic E-state index is 0.185. The molecule has 1 N–H and O–H groups in total. The van der Waals surface area contributed by atoms with Crippen LogP contribution in [0.3, 0.4) is 0 Å². The highest BCUT2D eigenvalue weighted by Crippen LogP contribution is 2.27. The second-order valence-electron chi connectivity index (χ2n) is 7.94. The van der Waals surface area contributed by atoms with E-state index in [1.165, 1.54) is 6.21 Å². The lowest BCUT2D eigenvalue weighted by Gasteiger charge is -2.11. The molecule has 0 aliphatic heterocycles. The molecule has 0 aliphatic carbocycles. The molecule has 0 unspecified atom stereocenters. The smallest absolute Gasteiger partial charge is 0.343 e. The van der Waals surface area contributed by atoms with Gasteiger partial charge in [0.05, 0.1) is 18.4 Å². The van der Waals surface area contributed by atoms with E-state index in [0.29, 0.717) is 35.0 Å². The zero-order chi connectivity index (χ0) is 25.3. The number of benzene rings is 4. The number of carbonyl (C=O) groups excluding carboxylic acids is 2. The van der Waals surface area contributed by atoms with Gasteiger partial charge in [-0.3, -0.25) is 4.79 Å². The van der Waals surface area contributed by atoms with E-state index < -0.39 is 11.9 Å². The zero-order valence-corrected chi connectivity index (χ0v) is 20.1. The molecule has 1 amide bonds. The van der Waals surface area contributed by atoms with Crippen molar-refractivity contribution >= 4 is 28.9 Å². The van der Waals surface area contributed by atoms with Gasteiger partial charge in [-0.1, -0.05) is 42.5 Å². The molecule has 0 bridgehead atoms. The Morgan fingerprint density at radius 3 is 2.47 bits per heavy atom. The fraction of sp³-hybridized carbons (Fsp3) is 0.138. The van der Waals surface area contributed by atoms with Crippen LogP contribution >= 0.6 is 0 Å². The predicted molar refractivity (Wildman–Crippen MR) is 139 cm³/mol. The molecule has 4 aromatic rings. The standard InChI is InChI=1S/C29H26N2O5/c1-3-34-23-14-11-22(12-15-23)29(33)36-27-16-13-21-8-4-5-10-25(21)26(27)18-30-31-28(32)19-35-24-9-6-7-20(2)17-24/h4-18H,3,19H2,1-2H3,(H,31,32)/b30-18+. The first-order chi connectivity index (χ1) is 17.5. The highest BCUT2D eigenvalue weighted by molar-refractivity contribution is 6.04. The normalized spacial score (nSPS) is 10.8. The largest absolute Gasteiger partial charge is 0.494 e. The average Bonchev–Trinajstić information content (AvgIpc) is 2.89. The van der Waals surface area contributed by atoms with Gasteiger partial charge in [0, 0.05) is 5.56 Å². The molecule has 182 valence electrons. The lowest BCUT2D eigenvalue weighted by molar-refractivity contribution is -0.123. The maximum Gasteiger partial charge on any atom is 0.343 e. The average molecular weight is 483 g/mol. The first-order valence-electron chi connectivity index (χ1n) is 11.5. The number of ether oxygens (including phenoxy) is 3. The van der Waals surface area contributed by atoms with Crippen LogP contribution in [0.25, 0.3) is 10.8 Å². The molecule has 0 heterocycles. The number of hydrogen-bond acceptors (Lipinski definition) is 6. The van der Waals surface area contributed by atoms with Gasteiger partial charge in [0.25, 0.3) is 5.91 Å². The Morgan fingerprint density at radius 2 is 1.69 bits per heavy atom. The number of nitrogens with one attached hydrogen (secondary N) is 1. The van der Waals surface area contributed by atoms with E-state index in [2.05, 4.69) is 10.5 Å². The summed E-state index contributed by atoms with van der Waals surface area (Å²) in [5.41, 5.74) is 4.45. The summed E-state index contributed by atoms with van der Waals surface area (Å²) in [6, 6.07) is 25.4. The van der Waals surface area contributed by atoms with Crippen LogP contribution in [-0.2, 0) is 4.79 Å².